The van der Waals surface area contributed by atoms with Crippen molar-refractivity contribution in [2.24, 2.45) is 0 Å². The maximum atomic E-state index is 13.6. The summed E-state index contributed by atoms with van der Waals surface area (Å²) in [4.78, 5) is 0. The third-order valence-electron chi connectivity index (χ3n) is 3.08. The third-order valence-corrected chi connectivity index (χ3v) is 3.53. The smallest absolute Gasteiger partial charge is 0.124 e. The summed E-state index contributed by atoms with van der Waals surface area (Å²) in [6.07, 6.45) is 0. The van der Waals surface area contributed by atoms with Crippen LogP contribution in [-0.2, 0) is 0 Å². The lowest BCUT2D eigenvalue weighted by Gasteiger charge is -2.19. The van der Waals surface area contributed by atoms with E-state index in [0.717, 1.165) is 27.9 Å². The Hall–Kier alpha value is -1.39. The summed E-state index contributed by atoms with van der Waals surface area (Å²) in [5, 5.41) is 3.38. The number of nitrogens with one attached hydrogen (secondary N) is 1. The molecule has 2 rings (SSSR count). The first-order valence-electron chi connectivity index (χ1n) is 6.47. The second-order valence-electron chi connectivity index (χ2n) is 4.47. The monoisotopic (exact) mass is 337 g/mol. The van der Waals surface area contributed by atoms with Crippen LogP contribution in [0.25, 0.3) is 0 Å². The molecule has 0 aliphatic rings. The molecule has 0 spiro atoms. The van der Waals surface area contributed by atoms with E-state index in [4.69, 9.17) is 4.74 Å². The molecule has 1 N–H and O–H groups in total. The maximum Gasteiger partial charge on any atom is 0.124 e. The largest absolute Gasteiger partial charge is 0.497 e. The molecule has 2 nitrogen and oxygen atoms in total. The van der Waals surface area contributed by atoms with E-state index in [9.17, 15) is 4.39 Å². The molecule has 0 aliphatic heterocycles. The standard InChI is InChI=1S/C16H17BrFNO/c1-3-19-16(11-4-6-15(20-2)7-5-11)12-8-13(17)10-14(18)9-12/h4-10,16,19H,3H2,1-2H3. The first kappa shape index (κ1) is 15.0. The van der Waals surface area contributed by atoms with Crippen LogP contribution >= 0.6 is 15.9 Å². The van der Waals surface area contributed by atoms with Gasteiger partial charge in [-0.1, -0.05) is 35.0 Å². The van der Waals surface area contributed by atoms with Crippen molar-refractivity contribution in [2.45, 2.75) is 13.0 Å². The first-order valence-corrected chi connectivity index (χ1v) is 7.26. The molecule has 2 aromatic carbocycles. The van der Waals surface area contributed by atoms with Crippen molar-refractivity contribution in [1.82, 2.24) is 5.32 Å². The van der Waals surface area contributed by atoms with Crippen molar-refractivity contribution in [3.63, 3.8) is 0 Å². The number of hydrogen-bond donors (Lipinski definition) is 1. The molecule has 0 bridgehead atoms. The molecule has 4 heteroatoms. The average Bonchev–Trinajstić information content (AvgIpc) is 2.44. The lowest BCUT2D eigenvalue weighted by Crippen LogP contribution is -2.22. The summed E-state index contributed by atoms with van der Waals surface area (Å²) in [6, 6.07) is 12.7. The highest BCUT2D eigenvalue weighted by molar-refractivity contribution is 9.10. The summed E-state index contributed by atoms with van der Waals surface area (Å²) in [5.74, 6) is 0.565. The van der Waals surface area contributed by atoms with Crippen LogP contribution in [0, 0.1) is 5.82 Å². The van der Waals surface area contributed by atoms with Gasteiger partial charge in [0.15, 0.2) is 0 Å². The van der Waals surface area contributed by atoms with Gasteiger partial charge in [-0.3, -0.25) is 0 Å². The Balaban J connectivity index is 2.38. The average molecular weight is 338 g/mol. The molecule has 0 saturated carbocycles. The molecular formula is C16H17BrFNO. The van der Waals surface area contributed by atoms with Crippen LogP contribution in [0.4, 0.5) is 4.39 Å². The number of ether oxygens (including phenoxy) is 1. The summed E-state index contributed by atoms with van der Waals surface area (Å²) < 4.78 is 19.5. The van der Waals surface area contributed by atoms with E-state index in [1.807, 2.05) is 37.3 Å². The molecule has 0 heterocycles. The maximum absolute atomic E-state index is 13.6. The molecule has 0 saturated heterocycles. The van der Waals surface area contributed by atoms with Crippen LogP contribution in [0.2, 0.25) is 0 Å². The van der Waals surface area contributed by atoms with Gasteiger partial charge in [0.2, 0.25) is 0 Å². The van der Waals surface area contributed by atoms with Crippen LogP contribution in [-0.4, -0.2) is 13.7 Å². The predicted molar refractivity (Wildman–Crippen MR) is 82.6 cm³/mol. The van der Waals surface area contributed by atoms with Crippen LogP contribution in [0.15, 0.2) is 46.9 Å². The molecule has 106 valence electrons. The van der Waals surface area contributed by atoms with Crippen molar-refractivity contribution in [1.29, 1.82) is 0 Å². The van der Waals surface area contributed by atoms with Gasteiger partial charge < -0.3 is 10.1 Å². The van der Waals surface area contributed by atoms with E-state index in [-0.39, 0.29) is 11.9 Å². The topological polar surface area (TPSA) is 21.3 Å². The number of rotatable bonds is 5. The highest BCUT2D eigenvalue weighted by atomic mass is 79.9. The SMILES string of the molecule is CCNC(c1ccc(OC)cc1)c1cc(F)cc(Br)c1. The summed E-state index contributed by atoms with van der Waals surface area (Å²) in [6.45, 7) is 2.83. The zero-order valence-corrected chi connectivity index (χ0v) is 13.1. The first-order chi connectivity index (χ1) is 9.63. The Bertz CT molecular complexity index is 551. The molecule has 0 amide bonds. The molecule has 0 fully saturated rings. The summed E-state index contributed by atoms with van der Waals surface area (Å²) in [5.41, 5.74) is 1.97. The number of benzene rings is 2. The molecule has 0 radical (unpaired) electrons. The summed E-state index contributed by atoms with van der Waals surface area (Å²) >= 11 is 3.34. The van der Waals surface area contributed by atoms with Crippen molar-refractivity contribution in [3.8, 4) is 5.75 Å². The van der Waals surface area contributed by atoms with Crippen molar-refractivity contribution in [2.75, 3.05) is 13.7 Å². The Morgan fingerprint density at radius 3 is 2.40 bits per heavy atom. The van der Waals surface area contributed by atoms with E-state index in [2.05, 4.69) is 21.2 Å². The fraction of sp³-hybridized carbons (Fsp3) is 0.250. The van der Waals surface area contributed by atoms with E-state index in [1.54, 1.807) is 13.2 Å². The van der Waals surface area contributed by atoms with Crippen LogP contribution < -0.4 is 10.1 Å². The quantitative estimate of drug-likeness (QED) is 0.878. The molecule has 0 aliphatic carbocycles. The van der Waals surface area contributed by atoms with Crippen molar-refractivity contribution < 1.29 is 9.13 Å². The van der Waals surface area contributed by atoms with Gasteiger partial charge in [0.25, 0.3) is 0 Å². The van der Waals surface area contributed by atoms with Gasteiger partial charge in [0, 0.05) is 4.47 Å². The van der Waals surface area contributed by atoms with Crippen LogP contribution in [0.3, 0.4) is 0 Å². The minimum Gasteiger partial charge on any atom is -0.497 e. The highest BCUT2D eigenvalue weighted by Crippen LogP contribution is 2.27. The van der Waals surface area contributed by atoms with Crippen molar-refractivity contribution in [3.05, 3.63) is 63.9 Å². The number of halogens is 2. The normalized spacial score (nSPS) is 12.2. The van der Waals surface area contributed by atoms with Crippen LogP contribution in [0.1, 0.15) is 24.1 Å². The van der Waals surface area contributed by atoms with Gasteiger partial charge in [-0.15, -0.1) is 0 Å². The Kier molecular flexibility index (Phi) is 5.15. The van der Waals surface area contributed by atoms with E-state index in [0.29, 0.717) is 0 Å². The fourth-order valence-corrected chi connectivity index (χ4v) is 2.65. The van der Waals surface area contributed by atoms with Gasteiger partial charge in [-0.25, -0.2) is 4.39 Å². The minimum absolute atomic E-state index is 0.0436. The van der Waals surface area contributed by atoms with Gasteiger partial charge in [-0.05, 0) is 48.0 Å². The fourth-order valence-electron chi connectivity index (χ4n) is 2.17. The third kappa shape index (κ3) is 3.58. The Labute approximate surface area is 127 Å². The number of methoxy groups -OCH3 is 1. The van der Waals surface area contributed by atoms with E-state index >= 15 is 0 Å². The second-order valence-corrected chi connectivity index (χ2v) is 5.38. The highest BCUT2D eigenvalue weighted by Gasteiger charge is 2.14. The molecule has 1 unspecified atom stereocenters. The Morgan fingerprint density at radius 2 is 1.85 bits per heavy atom. The zero-order valence-electron chi connectivity index (χ0n) is 11.5. The van der Waals surface area contributed by atoms with E-state index in [1.165, 1.54) is 6.07 Å². The lowest BCUT2D eigenvalue weighted by molar-refractivity contribution is 0.414. The van der Waals surface area contributed by atoms with Gasteiger partial charge >= 0.3 is 0 Å². The molecule has 1 atom stereocenters. The zero-order chi connectivity index (χ0) is 14.5. The Morgan fingerprint density at radius 1 is 1.15 bits per heavy atom. The van der Waals surface area contributed by atoms with Gasteiger partial charge in [0.1, 0.15) is 11.6 Å². The van der Waals surface area contributed by atoms with Crippen molar-refractivity contribution >= 4 is 15.9 Å². The molecule has 0 aromatic heterocycles. The summed E-state index contributed by atoms with van der Waals surface area (Å²) in [7, 11) is 1.64. The van der Waals surface area contributed by atoms with Gasteiger partial charge in [0.05, 0.1) is 13.2 Å². The lowest BCUT2D eigenvalue weighted by atomic mass is 9.98. The minimum atomic E-state index is -0.245. The van der Waals surface area contributed by atoms with E-state index < -0.39 is 0 Å². The van der Waals surface area contributed by atoms with Gasteiger partial charge in [-0.2, -0.15) is 0 Å². The second kappa shape index (κ2) is 6.86. The number of hydrogen-bond acceptors (Lipinski definition) is 2. The molecular weight excluding hydrogens is 321 g/mol. The molecule has 20 heavy (non-hydrogen) atoms. The molecule has 2 aromatic rings. The van der Waals surface area contributed by atoms with Crippen LogP contribution in [0.5, 0.6) is 5.75 Å². The predicted octanol–water partition coefficient (Wildman–Crippen LogP) is 4.30.